The van der Waals surface area contributed by atoms with Crippen LogP contribution in [0.4, 0.5) is 0 Å². The van der Waals surface area contributed by atoms with Gasteiger partial charge in [0, 0.05) is 25.6 Å². The maximum Gasteiger partial charge on any atom is 0.246 e. The second-order valence-corrected chi connectivity index (χ2v) is 13.2. The Morgan fingerprint density at radius 3 is 2.34 bits per heavy atom. The number of nitrogens with zero attached hydrogens (tertiary/aromatic N) is 3. The highest BCUT2D eigenvalue weighted by Gasteiger charge is 2.51. The van der Waals surface area contributed by atoms with Crippen molar-refractivity contribution >= 4 is 35.5 Å². The third-order valence-electron chi connectivity index (χ3n) is 9.72. The van der Waals surface area contributed by atoms with Crippen LogP contribution in [0, 0.1) is 12.8 Å². The van der Waals surface area contributed by atoms with Crippen molar-refractivity contribution in [1.82, 2.24) is 20.4 Å². The van der Waals surface area contributed by atoms with Crippen molar-refractivity contribution in [2.45, 2.75) is 114 Å². The van der Waals surface area contributed by atoms with Gasteiger partial charge >= 0.3 is 0 Å². The largest absolute Gasteiger partial charge is 0.370 e. The van der Waals surface area contributed by atoms with E-state index in [1.807, 2.05) is 31.2 Å². The minimum atomic E-state index is -0.982. The van der Waals surface area contributed by atoms with Crippen molar-refractivity contribution in [3.05, 3.63) is 35.4 Å². The van der Waals surface area contributed by atoms with Crippen LogP contribution in [-0.2, 0) is 30.4 Å². The van der Waals surface area contributed by atoms with Gasteiger partial charge in [-0.05, 0) is 70.3 Å². The van der Waals surface area contributed by atoms with Gasteiger partial charge in [0.25, 0.3) is 0 Å². The molecule has 4 rings (SSSR count). The van der Waals surface area contributed by atoms with Crippen LogP contribution >= 0.6 is 0 Å². The number of benzene rings is 1. The molecule has 2 saturated heterocycles. The molecule has 14 nitrogen and oxygen atoms in total. The number of nitrogens with one attached hydrogen (secondary N) is 2. The summed E-state index contributed by atoms with van der Waals surface area (Å²) < 4.78 is 0. The molecule has 47 heavy (non-hydrogen) atoms. The number of primary amides is 1. The average molecular weight is 654 g/mol. The van der Waals surface area contributed by atoms with Gasteiger partial charge in [-0.2, -0.15) is 0 Å². The van der Waals surface area contributed by atoms with Gasteiger partial charge in [0.1, 0.15) is 24.2 Å². The summed E-state index contributed by atoms with van der Waals surface area (Å²) in [5.41, 5.74) is 24.6. The van der Waals surface area contributed by atoms with Crippen LogP contribution in [0.3, 0.4) is 0 Å². The molecule has 10 N–H and O–H groups in total. The fraction of sp³-hybridized carbons (Fsp3) is 0.636. The lowest BCUT2D eigenvalue weighted by molar-refractivity contribution is -0.149. The minimum absolute atomic E-state index is 0.0210. The van der Waals surface area contributed by atoms with Crippen LogP contribution in [0.5, 0.6) is 0 Å². The summed E-state index contributed by atoms with van der Waals surface area (Å²) in [7, 11) is 0. The van der Waals surface area contributed by atoms with Crippen molar-refractivity contribution in [2.75, 3.05) is 13.1 Å². The fourth-order valence-corrected chi connectivity index (χ4v) is 7.18. The zero-order valence-electron chi connectivity index (χ0n) is 27.5. The monoisotopic (exact) mass is 653 g/mol. The number of hydrogen-bond donors (Lipinski definition) is 6. The average Bonchev–Trinajstić information content (AvgIpc) is 3.68. The predicted octanol–water partition coefficient (Wildman–Crippen LogP) is -0.456. The predicted molar refractivity (Wildman–Crippen MR) is 177 cm³/mol. The summed E-state index contributed by atoms with van der Waals surface area (Å²) in [6.45, 7) is 4.20. The van der Waals surface area contributed by atoms with E-state index in [2.05, 4.69) is 15.6 Å². The maximum atomic E-state index is 14.1. The van der Waals surface area contributed by atoms with E-state index in [9.17, 15) is 24.0 Å². The molecule has 3 aliphatic rings. The number of guanidine groups is 1. The number of amides is 5. The van der Waals surface area contributed by atoms with E-state index < -0.39 is 47.9 Å². The first-order chi connectivity index (χ1) is 22.4. The molecule has 0 bridgehead atoms. The Kier molecular flexibility index (Phi) is 12.2. The van der Waals surface area contributed by atoms with Crippen molar-refractivity contribution in [1.29, 1.82) is 0 Å². The second kappa shape index (κ2) is 16.1. The highest BCUT2D eigenvalue weighted by Crippen LogP contribution is 2.41. The molecule has 1 saturated carbocycles. The highest BCUT2D eigenvalue weighted by molar-refractivity contribution is 5.96. The van der Waals surface area contributed by atoms with Crippen LogP contribution in [0.15, 0.2) is 29.3 Å². The molecule has 1 aliphatic carbocycles. The molecule has 3 fully saturated rings. The van der Waals surface area contributed by atoms with Crippen molar-refractivity contribution in [2.24, 2.45) is 33.8 Å². The smallest absolute Gasteiger partial charge is 0.246 e. The van der Waals surface area contributed by atoms with Crippen LogP contribution in [0.25, 0.3) is 0 Å². The molecule has 2 heterocycles. The van der Waals surface area contributed by atoms with Gasteiger partial charge in [-0.25, -0.2) is 0 Å². The van der Waals surface area contributed by atoms with Crippen LogP contribution in [0.1, 0.15) is 75.8 Å². The van der Waals surface area contributed by atoms with E-state index in [-0.39, 0.29) is 36.2 Å². The third-order valence-corrected chi connectivity index (χ3v) is 9.72. The highest BCUT2D eigenvalue weighted by atomic mass is 16.2. The third kappa shape index (κ3) is 8.99. The van der Waals surface area contributed by atoms with E-state index in [1.165, 1.54) is 6.92 Å². The molecule has 258 valence electrons. The number of nitrogens with two attached hydrogens (primary N) is 4. The molecule has 0 radical (unpaired) electrons. The molecule has 1 aromatic carbocycles. The molecular formula is C33H51N9O5. The Balaban J connectivity index is 1.40. The molecule has 7 atom stereocenters. The van der Waals surface area contributed by atoms with E-state index in [0.717, 1.165) is 36.8 Å². The van der Waals surface area contributed by atoms with Gasteiger partial charge in [-0.3, -0.25) is 29.0 Å². The summed E-state index contributed by atoms with van der Waals surface area (Å²) in [5.74, 6) is -2.05. The van der Waals surface area contributed by atoms with Crippen LogP contribution in [-0.4, -0.2) is 94.6 Å². The van der Waals surface area contributed by atoms with E-state index >= 15 is 0 Å². The summed E-state index contributed by atoms with van der Waals surface area (Å²) in [6.07, 6.45) is 6.47. The SMILES string of the molecule is Cc1ccc(C[C@H](NC(=O)C(C)NC(=O)[C@@H]2CCCN2C(=O)[C@@H]2C[C@@H]3CCCC[C@@H]3N2C(=O)[C@H](N)CCCN=C(N)N)C(N)=O)cc1. The number of carbonyl (C=O) groups is 5. The van der Waals surface area contributed by atoms with Gasteiger partial charge in [0.05, 0.1) is 6.04 Å². The lowest BCUT2D eigenvalue weighted by atomic mass is 9.84. The Hall–Kier alpha value is -4.20. The van der Waals surface area contributed by atoms with Gasteiger partial charge < -0.3 is 43.4 Å². The molecule has 0 aromatic heterocycles. The maximum absolute atomic E-state index is 14.1. The summed E-state index contributed by atoms with van der Waals surface area (Å²) in [6, 6.07) is 3.26. The van der Waals surface area contributed by atoms with E-state index in [4.69, 9.17) is 22.9 Å². The Labute approximate surface area is 276 Å². The number of aryl methyl sites for hydroxylation is 1. The topological polar surface area (TPSA) is 232 Å². The van der Waals surface area contributed by atoms with Crippen molar-refractivity contribution in [3.8, 4) is 0 Å². The molecule has 2 aliphatic heterocycles. The van der Waals surface area contributed by atoms with E-state index in [1.54, 1.807) is 9.80 Å². The Bertz CT molecular complexity index is 1330. The molecule has 14 heteroatoms. The molecule has 0 spiro atoms. The number of carbonyl (C=O) groups excluding carboxylic acids is 5. The molecular weight excluding hydrogens is 602 g/mol. The quantitative estimate of drug-likeness (QED) is 0.0924. The molecule has 1 unspecified atom stereocenters. The zero-order chi connectivity index (χ0) is 34.2. The zero-order valence-corrected chi connectivity index (χ0v) is 27.5. The molecule has 1 aromatic rings. The standard InChI is InChI=1S/C33H51N9O5/c1-19-11-13-21(14-12-19)17-24(28(35)43)40-29(44)20(2)39-30(45)26-10-6-16-41(26)32(47)27-18-22-7-3-4-9-25(22)42(27)31(46)23(34)8-5-15-38-33(36)37/h11-14,20,22-27H,3-10,15-18,34H2,1-2H3,(H2,35,43)(H,39,45)(H,40,44)(H4,36,37,38)/t20?,22-,23+,24-,25-,26-,27-/m0/s1. The summed E-state index contributed by atoms with van der Waals surface area (Å²) >= 11 is 0. The van der Waals surface area contributed by atoms with Gasteiger partial charge in [0.15, 0.2) is 5.96 Å². The van der Waals surface area contributed by atoms with Crippen LogP contribution < -0.4 is 33.6 Å². The fourth-order valence-electron chi connectivity index (χ4n) is 7.18. The van der Waals surface area contributed by atoms with Crippen LogP contribution in [0.2, 0.25) is 0 Å². The Morgan fingerprint density at radius 2 is 1.66 bits per heavy atom. The van der Waals surface area contributed by atoms with Gasteiger partial charge in [-0.1, -0.05) is 42.7 Å². The minimum Gasteiger partial charge on any atom is -0.370 e. The summed E-state index contributed by atoms with van der Waals surface area (Å²) in [5, 5.41) is 5.38. The van der Waals surface area contributed by atoms with Gasteiger partial charge in [-0.15, -0.1) is 0 Å². The first-order valence-corrected chi connectivity index (χ1v) is 16.8. The lowest BCUT2D eigenvalue weighted by Gasteiger charge is -2.37. The first kappa shape index (κ1) is 35.7. The number of fused-ring (bicyclic) bond motifs is 1. The number of rotatable bonds is 13. The Morgan fingerprint density at radius 1 is 0.957 bits per heavy atom. The van der Waals surface area contributed by atoms with Crippen molar-refractivity contribution < 1.29 is 24.0 Å². The number of hydrogen-bond acceptors (Lipinski definition) is 7. The normalized spacial score (nSPS) is 24.1. The summed E-state index contributed by atoms with van der Waals surface area (Å²) in [4.78, 5) is 73.8. The van der Waals surface area contributed by atoms with Crippen molar-refractivity contribution in [3.63, 3.8) is 0 Å². The first-order valence-electron chi connectivity index (χ1n) is 16.8. The second-order valence-electron chi connectivity index (χ2n) is 13.2. The molecule has 5 amide bonds. The van der Waals surface area contributed by atoms with E-state index in [0.29, 0.717) is 45.2 Å². The lowest BCUT2D eigenvalue weighted by Crippen LogP contribution is -2.58. The number of aliphatic imine (C=N–C) groups is 1. The van der Waals surface area contributed by atoms with Gasteiger partial charge in [0.2, 0.25) is 29.5 Å². The number of likely N-dealkylation sites (tertiary alicyclic amines) is 2.